The molecule has 0 radical (unpaired) electrons. The van der Waals surface area contributed by atoms with E-state index in [4.69, 9.17) is 18.9 Å². The zero-order valence-corrected chi connectivity index (χ0v) is 16.8. The van der Waals surface area contributed by atoms with E-state index in [2.05, 4.69) is 10.2 Å². The smallest absolute Gasteiger partial charge is 0.258 e. The van der Waals surface area contributed by atoms with Crippen molar-refractivity contribution in [2.75, 3.05) is 40.6 Å². The summed E-state index contributed by atoms with van der Waals surface area (Å²) in [6.45, 7) is 2.73. The number of rotatable bonds is 7. The van der Waals surface area contributed by atoms with Crippen molar-refractivity contribution in [3.05, 3.63) is 47.5 Å². The number of hydrogen-bond acceptors (Lipinski definition) is 6. The van der Waals surface area contributed by atoms with Gasteiger partial charge in [0.15, 0.2) is 11.5 Å². The second-order valence-corrected chi connectivity index (χ2v) is 7.12. The quantitative estimate of drug-likeness (QED) is 0.773. The molecule has 29 heavy (non-hydrogen) atoms. The molecule has 1 atom stereocenters. The third-order valence-electron chi connectivity index (χ3n) is 5.47. The monoisotopic (exact) mass is 398 g/mol. The van der Waals surface area contributed by atoms with Crippen LogP contribution >= 0.6 is 0 Å². The van der Waals surface area contributed by atoms with E-state index in [1.54, 1.807) is 32.4 Å². The van der Waals surface area contributed by atoms with Gasteiger partial charge in [0, 0.05) is 6.54 Å². The Morgan fingerprint density at radius 1 is 1.07 bits per heavy atom. The van der Waals surface area contributed by atoms with Gasteiger partial charge >= 0.3 is 0 Å². The number of amides is 1. The predicted molar refractivity (Wildman–Crippen MR) is 108 cm³/mol. The van der Waals surface area contributed by atoms with Crippen molar-refractivity contribution in [1.82, 2.24) is 10.2 Å². The maximum atomic E-state index is 13.0. The number of likely N-dealkylation sites (tertiary alicyclic amines) is 1. The van der Waals surface area contributed by atoms with Crippen LogP contribution in [0.15, 0.2) is 36.4 Å². The highest BCUT2D eigenvalue weighted by atomic mass is 16.7. The molecule has 2 aliphatic heterocycles. The van der Waals surface area contributed by atoms with E-state index >= 15 is 0 Å². The first-order chi connectivity index (χ1) is 14.2. The zero-order chi connectivity index (χ0) is 20.2. The summed E-state index contributed by atoms with van der Waals surface area (Å²) < 4.78 is 21.7. The Hall–Kier alpha value is -2.93. The molecule has 2 heterocycles. The number of methoxy groups -OCH3 is 2. The molecule has 2 aromatic rings. The highest BCUT2D eigenvalue weighted by Gasteiger charge is 2.27. The Morgan fingerprint density at radius 2 is 1.76 bits per heavy atom. The number of carbonyl (C=O) groups excluding carboxylic acids is 1. The van der Waals surface area contributed by atoms with Crippen molar-refractivity contribution in [2.45, 2.75) is 18.9 Å². The van der Waals surface area contributed by atoms with Crippen LogP contribution in [0.2, 0.25) is 0 Å². The average Bonchev–Trinajstić information content (AvgIpc) is 3.44. The summed E-state index contributed by atoms with van der Waals surface area (Å²) >= 11 is 0. The van der Waals surface area contributed by atoms with E-state index < -0.39 is 0 Å². The number of fused-ring (bicyclic) bond motifs is 1. The number of carbonyl (C=O) groups is 1. The number of nitrogens with zero attached hydrogens (tertiary/aromatic N) is 1. The Bertz CT molecular complexity index is 857. The van der Waals surface area contributed by atoms with Gasteiger partial charge < -0.3 is 24.3 Å². The highest BCUT2D eigenvalue weighted by Crippen LogP contribution is 2.36. The van der Waals surface area contributed by atoms with Crippen molar-refractivity contribution < 1.29 is 23.7 Å². The van der Waals surface area contributed by atoms with Crippen LogP contribution < -0.4 is 24.3 Å². The topological polar surface area (TPSA) is 69.3 Å². The fourth-order valence-electron chi connectivity index (χ4n) is 3.98. The van der Waals surface area contributed by atoms with Gasteiger partial charge in [0.05, 0.1) is 20.3 Å². The van der Waals surface area contributed by atoms with Gasteiger partial charge in [0.1, 0.15) is 17.1 Å². The third-order valence-corrected chi connectivity index (χ3v) is 5.47. The fourth-order valence-corrected chi connectivity index (χ4v) is 3.98. The predicted octanol–water partition coefficient (Wildman–Crippen LogP) is 3.00. The van der Waals surface area contributed by atoms with Crippen molar-refractivity contribution in [3.8, 4) is 23.0 Å². The van der Waals surface area contributed by atoms with Gasteiger partial charge in [-0.05, 0) is 55.8 Å². The maximum absolute atomic E-state index is 13.0. The maximum Gasteiger partial charge on any atom is 0.258 e. The van der Waals surface area contributed by atoms with E-state index in [1.165, 1.54) is 0 Å². The second-order valence-electron chi connectivity index (χ2n) is 7.12. The van der Waals surface area contributed by atoms with Crippen molar-refractivity contribution in [3.63, 3.8) is 0 Å². The van der Waals surface area contributed by atoms with Gasteiger partial charge in [-0.3, -0.25) is 9.69 Å². The van der Waals surface area contributed by atoms with Crippen LogP contribution in [-0.4, -0.2) is 51.5 Å². The summed E-state index contributed by atoms with van der Waals surface area (Å²) in [5.41, 5.74) is 1.51. The molecule has 2 aromatic carbocycles. The van der Waals surface area contributed by atoms with Gasteiger partial charge in [-0.15, -0.1) is 0 Å². The summed E-state index contributed by atoms with van der Waals surface area (Å²) in [4.78, 5) is 15.4. The zero-order valence-electron chi connectivity index (χ0n) is 16.8. The van der Waals surface area contributed by atoms with Crippen LogP contribution in [0.4, 0.5) is 0 Å². The summed E-state index contributed by atoms with van der Waals surface area (Å²) in [5.74, 6) is 2.27. The molecule has 0 saturated carbocycles. The molecule has 154 valence electrons. The molecule has 7 heteroatoms. The number of ether oxygens (including phenoxy) is 4. The Kier molecular flexibility index (Phi) is 5.76. The molecule has 0 aromatic heterocycles. The van der Waals surface area contributed by atoms with E-state index in [-0.39, 0.29) is 18.7 Å². The van der Waals surface area contributed by atoms with Crippen LogP contribution in [0.3, 0.4) is 0 Å². The number of benzene rings is 2. The molecule has 0 unspecified atom stereocenters. The minimum atomic E-state index is -0.218. The molecule has 0 aliphatic carbocycles. The lowest BCUT2D eigenvalue weighted by Gasteiger charge is -2.28. The van der Waals surface area contributed by atoms with E-state index in [1.807, 2.05) is 18.2 Å². The Balaban J connectivity index is 1.55. The molecule has 0 bridgehead atoms. The van der Waals surface area contributed by atoms with Crippen molar-refractivity contribution in [1.29, 1.82) is 0 Å². The molecule has 1 amide bonds. The first kappa shape index (κ1) is 19.4. The molecular weight excluding hydrogens is 372 g/mol. The van der Waals surface area contributed by atoms with Crippen LogP contribution in [0, 0.1) is 0 Å². The Labute approximate surface area is 170 Å². The van der Waals surface area contributed by atoms with Gasteiger partial charge in [-0.2, -0.15) is 0 Å². The molecule has 1 N–H and O–H groups in total. The molecule has 2 aliphatic rings. The van der Waals surface area contributed by atoms with Crippen molar-refractivity contribution in [2.24, 2.45) is 0 Å². The number of nitrogens with one attached hydrogen (secondary N) is 1. The van der Waals surface area contributed by atoms with Gasteiger partial charge in [-0.1, -0.05) is 12.1 Å². The Morgan fingerprint density at radius 3 is 2.45 bits per heavy atom. The molecule has 1 fully saturated rings. The average molecular weight is 398 g/mol. The SMILES string of the molecule is COc1cccc(OC)c1C(=O)NC[C@H](c1ccc2c(c1)OCO2)N1CCCC1. The largest absolute Gasteiger partial charge is 0.496 e. The molecule has 1 saturated heterocycles. The highest BCUT2D eigenvalue weighted by molar-refractivity contribution is 5.99. The molecule has 4 rings (SSSR count). The number of hydrogen-bond donors (Lipinski definition) is 1. The van der Waals surface area contributed by atoms with Gasteiger partial charge in [0.25, 0.3) is 5.91 Å². The first-order valence-electron chi connectivity index (χ1n) is 9.84. The summed E-state index contributed by atoms with van der Waals surface area (Å²) in [6, 6.07) is 11.4. The van der Waals surface area contributed by atoms with Gasteiger partial charge in [-0.25, -0.2) is 0 Å². The van der Waals surface area contributed by atoms with E-state index in [0.717, 1.165) is 43.0 Å². The normalized spacial score (nSPS) is 16.5. The fraction of sp³-hybridized carbons (Fsp3) is 0.409. The lowest BCUT2D eigenvalue weighted by molar-refractivity contribution is 0.0931. The lowest BCUT2D eigenvalue weighted by Crippen LogP contribution is -2.37. The molecule has 0 spiro atoms. The minimum absolute atomic E-state index is 0.0525. The molecule has 7 nitrogen and oxygen atoms in total. The van der Waals surface area contributed by atoms with E-state index in [9.17, 15) is 4.79 Å². The van der Waals surface area contributed by atoms with E-state index in [0.29, 0.717) is 23.6 Å². The summed E-state index contributed by atoms with van der Waals surface area (Å²) in [5, 5.41) is 3.08. The van der Waals surface area contributed by atoms with Crippen LogP contribution in [0.1, 0.15) is 34.8 Å². The third kappa shape index (κ3) is 3.96. The minimum Gasteiger partial charge on any atom is -0.496 e. The van der Waals surface area contributed by atoms with Crippen LogP contribution in [-0.2, 0) is 0 Å². The lowest BCUT2D eigenvalue weighted by atomic mass is 10.0. The first-order valence-corrected chi connectivity index (χ1v) is 9.84. The second kappa shape index (κ2) is 8.61. The van der Waals surface area contributed by atoms with Crippen molar-refractivity contribution >= 4 is 5.91 Å². The van der Waals surface area contributed by atoms with Gasteiger partial charge in [0.2, 0.25) is 6.79 Å². The summed E-state index contributed by atoms with van der Waals surface area (Å²) in [7, 11) is 3.09. The standard InChI is InChI=1S/C22H26N2O5/c1-26-18-6-5-7-19(27-2)21(18)22(25)23-13-16(24-10-3-4-11-24)15-8-9-17-20(12-15)29-14-28-17/h5-9,12,16H,3-4,10-11,13-14H2,1-2H3,(H,23,25)/t16-/m1/s1. The van der Waals surface area contributed by atoms with Crippen LogP contribution in [0.5, 0.6) is 23.0 Å². The van der Waals surface area contributed by atoms with Crippen LogP contribution in [0.25, 0.3) is 0 Å². The molecular formula is C22H26N2O5. The summed E-state index contributed by atoms with van der Waals surface area (Å²) in [6.07, 6.45) is 2.32.